The molecular formula is C14H14ClN5O3. The molecule has 8 nitrogen and oxygen atoms in total. The van der Waals surface area contributed by atoms with Gasteiger partial charge < -0.3 is 14.7 Å². The molecule has 2 aromatic heterocycles. The molecule has 1 N–H and O–H groups in total. The summed E-state index contributed by atoms with van der Waals surface area (Å²) >= 11 is 6.21. The van der Waals surface area contributed by atoms with Crippen LogP contribution in [0.3, 0.4) is 0 Å². The first-order valence-electron chi connectivity index (χ1n) is 7.28. The van der Waals surface area contributed by atoms with Crippen molar-refractivity contribution in [1.29, 1.82) is 0 Å². The van der Waals surface area contributed by atoms with Crippen molar-refractivity contribution in [3.05, 3.63) is 34.7 Å². The number of carboxylic acids is 1. The first kappa shape index (κ1) is 14.4. The fourth-order valence-electron chi connectivity index (χ4n) is 3.16. The second-order valence-electron chi connectivity index (χ2n) is 5.66. The normalized spacial score (nSPS) is 23.3. The third kappa shape index (κ3) is 2.43. The van der Waals surface area contributed by atoms with Crippen LogP contribution in [0.25, 0.3) is 0 Å². The number of piperidine rings is 1. The number of fused-ring (bicyclic) bond motifs is 3. The van der Waals surface area contributed by atoms with Gasteiger partial charge in [0, 0.05) is 19.3 Å². The Labute approximate surface area is 136 Å². The van der Waals surface area contributed by atoms with Crippen molar-refractivity contribution in [2.75, 3.05) is 18.0 Å². The molecule has 4 rings (SSSR count). The largest absolute Gasteiger partial charge is 0.478 e. The molecule has 0 aliphatic carbocycles. The van der Waals surface area contributed by atoms with E-state index >= 15 is 0 Å². The zero-order valence-electron chi connectivity index (χ0n) is 12.1. The first-order valence-corrected chi connectivity index (χ1v) is 7.66. The summed E-state index contributed by atoms with van der Waals surface area (Å²) in [5, 5.41) is 17.4. The quantitative estimate of drug-likeness (QED) is 0.885. The number of carbonyl (C=O) groups is 1. The molecule has 2 aliphatic heterocycles. The van der Waals surface area contributed by atoms with Crippen LogP contribution in [0.4, 0.5) is 5.82 Å². The number of ether oxygens (including phenoxy) is 1. The van der Waals surface area contributed by atoms with Crippen LogP contribution in [0, 0.1) is 0 Å². The second-order valence-corrected chi connectivity index (χ2v) is 6.06. The van der Waals surface area contributed by atoms with Gasteiger partial charge in [-0.05, 0) is 12.5 Å². The Kier molecular flexibility index (Phi) is 3.42. The minimum absolute atomic E-state index is 0.0185. The van der Waals surface area contributed by atoms with Crippen LogP contribution in [0.2, 0.25) is 5.02 Å². The smallest absolute Gasteiger partial charge is 0.337 e. The van der Waals surface area contributed by atoms with Gasteiger partial charge in [-0.3, -0.25) is 0 Å². The zero-order valence-corrected chi connectivity index (χ0v) is 12.8. The summed E-state index contributed by atoms with van der Waals surface area (Å²) in [7, 11) is 0. The van der Waals surface area contributed by atoms with E-state index < -0.39 is 5.97 Å². The van der Waals surface area contributed by atoms with E-state index in [-0.39, 0.29) is 17.7 Å². The molecule has 0 amide bonds. The van der Waals surface area contributed by atoms with E-state index in [0.29, 0.717) is 24.0 Å². The molecule has 2 atom stereocenters. The lowest BCUT2D eigenvalue weighted by Gasteiger charge is -2.41. The van der Waals surface area contributed by atoms with Crippen molar-refractivity contribution >= 4 is 23.4 Å². The van der Waals surface area contributed by atoms with E-state index in [1.54, 1.807) is 6.20 Å². The fourth-order valence-corrected chi connectivity index (χ4v) is 3.45. The van der Waals surface area contributed by atoms with Crippen molar-refractivity contribution < 1.29 is 14.6 Å². The predicted molar refractivity (Wildman–Crippen MR) is 80.7 cm³/mol. The van der Waals surface area contributed by atoms with E-state index in [1.807, 2.05) is 9.58 Å². The third-order valence-electron chi connectivity index (χ3n) is 4.30. The summed E-state index contributed by atoms with van der Waals surface area (Å²) in [6.45, 7) is 1.85. The number of nitrogens with zero attached hydrogens (tertiary/aromatic N) is 5. The topological polar surface area (TPSA) is 93.4 Å². The number of hydrogen-bond donors (Lipinski definition) is 1. The van der Waals surface area contributed by atoms with Gasteiger partial charge in [-0.1, -0.05) is 16.8 Å². The van der Waals surface area contributed by atoms with Gasteiger partial charge in [-0.2, -0.15) is 0 Å². The molecule has 0 spiro atoms. The maximum atomic E-state index is 11.0. The van der Waals surface area contributed by atoms with Crippen LogP contribution in [0.1, 0.15) is 28.5 Å². The Balaban J connectivity index is 1.56. The molecule has 0 saturated carbocycles. The van der Waals surface area contributed by atoms with Crippen molar-refractivity contribution in [2.24, 2.45) is 0 Å². The Morgan fingerprint density at radius 3 is 3.09 bits per heavy atom. The van der Waals surface area contributed by atoms with Crippen LogP contribution in [0.15, 0.2) is 18.5 Å². The SMILES string of the molecule is O=C(O)c1cnc(N2CC[C@H]3[C@H](C2)OCc2cnnn23)c(Cl)c1. The Hall–Kier alpha value is -2.19. The minimum atomic E-state index is -1.04. The molecule has 23 heavy (non-hydrogen) atoms. The van der Waals surface area contributed by atoms with E-state index in [4.69, 9.17) is 21.4 Å². The van der Waals surface area contributed by atoms with Crippen molar-refractivity contribution in [3.63, 3.8) is 0 Å². The van der Waals surface area contributed by atoms with Gasteiger partial charge in [-0.15, -0.1) is 5.10 Å². The molecule has 0 radical (unpaired) electrons. The van der Waals surface area contributed by atoms with Crippen molar-refractivity contribution in [2.45, 2.75) is 25.2 Å². The molecule has 1 saturated heterocycles. The average molecular weight is 336 g/mol. The van der Waals surface area contributed by atoms with Gasteiger partial charge in [0.25, 0.3) is 0 Å². The van der Waals surface area contributed by atoms with E-state index in [9.17, 15) is 4.79 Å². The molecule has 2 aliphatic rings. The van der Waals surface area contributed by atoms with Crippen molar-refractivity contribution in [1.82, 2.24) is 20.0 Å². The summed E-state index contributed by atoms with van der Waals surface area (Å²) in [5.74, 6) is -0.456. The highest BCUT2D eigenvalue weighted by Crippen LogP contribution is 2.34. The van der Waals surface area contributed by atoms with Gasteiger partial charge in [0.1, 0.15) is 5.82 Å². The lowest BCUT2D eigenvalue weighted by molar-refractivity contribution is -0.0335. The highest BCUT2D eigenvalue weighted by molar-refractivity contribution is 6.33. The number of carboxylic acid groups (broad SMARTS) is 1. The first-order chi connectivity index (χ1) is 11.1. The van der Waals surface area contributed by atoms with Gasteiger partial charge in [0.05, 0.1) is 41.2 Å². The monoisotopic (exact) mass is 335 g/mol. The number of aromatic carboxylic acids is 1. The summed E-state index contributed by atoms with van der Waals surface area (Å²) < 4.78 is 7.85. The summed E-state index contributed by atoms with van der Waals surface area (Å²) in [6, 6.07) is 1.59. The van der Waals surface area contributed by atoms with Crippen LogP contribution in [0.5, 0.6) is 0 Å². The van der Waals surface area contributed by atoms with Crippen molar-refractivity contribution in [3.8, 4) is 0 Å². The summed E-state index contributed by atoms with van der Waals surface area (Å²) in [4.78, 5) is 17.2. The standard InChI is InChI=1S/C14H14ClN5O3/c15-10-3-8(14(21)22)4-16-13(10)19-2-1-11-12(6-19)23-7-9-5-17-18-20(9)11/h3-5,11-12H,1-2,6-7H2,(H,21,22)/t11-,12-/m0/s1. The van der Waals surface area contributed by atoms with E-state index in [1.165, 1.54) is 12.3 Å². The molecule has 120 valence electrons. The molecule has 4 heterocycles. The third-order valence-corrected chi connectivity index (χ3v) is 4.58. The zero-order chi connectivity index (χ0) is 16.0. The molecule has 9 heteroatoms. The Morgan fingerprint density at radius 2 is 2.30 bits per heavy atom. The fraction of sp³-hybridized carbons (Fsp3) is 0.429. The summed E-state index contributed by atoms with van der Waals surface area (Å²) in [6.07, 6.45) is 3.87. The molecule has 1 fully saturated rings. The van der Waals surface area contributed by atoms with Crippen LogP contribution >= 0.6 is 11.6 Å². The van der Waals surface area contributed by atoms with Gasteiger partial charge >= 0.3 is 5.97 Å². The average Bonchev–Trinajstić information content (AvgIpc) is 3.03. The van der Waals surface area contributed by atoms with Gasteiger partial charge in [-0.25, -0.2) is 14.5 Å². The minimum Gasteiger partial charge on any atom is -0.478 e. The number of hydrogen-bond acceptors (Lipinski definition) is 6. The molecular weight excluding hydrogens is 322 g/mol. The summed E-state index contributed by atoms with van der Waals surface area (Å²) in [5.41, 5.74) is 1.07. The van der Waals surface area contributed by atoms with Crippen LogP contribution in [-0.4, -0.2) is 50.2 Å². The number of rotatable bonds is 2. The van der Waals surface area contributed by atoms with Crippen LogP contribution in [-0.2, 0) is 11.3 Å². The van der Waals surface area contributed by atoms with Crippen LogP contribution < -0.4 is 4.90 Å². The molecule has 0 aromatic carbocycles. The molecule has 2 aromatic rings. The maximum Gasteiger partial charge on any atom is 0.337 e. The molecule has 0 bridgehead atoms. The van der Waals surface area contributed by atoms with Gasteiger partial charge in [0.2, 0.25) is 0 Å². The lowest BCUT2D eigenvalue weighted by Crippen LogP contribution is -2.49. The highest BCUT2D eigenvalue weighted by atomic mass is 35.5. The van der Waals surface area contributed by atoms with E-state index in [0.717, 1.165) is 18.7 Å². The molecule has 0 unspecified atom stereocenters. The second kappa shape index (κ2) is 5.47. The lowest BCUT2D eigenvalue weighted by atomic mass is 10.00. The number of aromatic nitrogens is 4. The maximum absolute atomic E-state index is 11.0. The highest BCUT2D eigenvalue weighted by Gasteiger charge is 2.37. The Morgan fingerprint density at radius 1 is 1.43 bits per heavy atom. The number of halogens is 1. The predicted octanol–water partition coefficient (Wildman–Crippen LogP) is 1.37. The number of pyridine rings is 1. The van der Waals surface area contributed by atoms with E-state index in [2.05, 4.69) is 15.3 Å². The Bertz CT molecular complexity index is 765. The van der Waals surface area contributed by atoms with Gasteiger partial charge in [0.15, 0.2) is 0 Å². The number of anilines is 1.